The molecular weight excluding hydrogens is 355 g/mol. The van der Waals surface area contributed by atoms with Crippen LogP contribution >= 0.6 is 15.9 Å². The number of aromatic nitrogens is 2. The molecule has 3 rings (SSSR count). The molecule has 5 nitrogen and oxygen atoms in total. The maximum Gasteiger partial charge on any atom is 0.357 e. The molecule has 0 spiro atoms. The zero-order valence-electron chi connectivity index (χ0n) is 11.0. The van der Waals surface area contributed by atoms with Crippen LogP contribution in [0.5, 0.6) is 0 Å². The van der Waals surface area contributed by atoms with Gasteiger partial charge in [-0.15, -0.1) is 0 Å². The summed E-state index contributed by atoms with van der Waals surface area (Å²) in [6.07, 6.45) is 0. The number of carboxylic acid groups (broad SMARTS) is 1. The summed E-state index contributed by atoms with van der Waals surface area (Å²) in [4.78, 5) is 23.8. The number of carboxylic acids is 1. The van der Waals surface area contributed by atoms with Gasteiger partial charge in [0.2, 0.25) is 0 Å². The van der Waals surface area contributed by atoms with Crippen LogP contribution in [0.25, 0.3) is 10.9 Å². The van der Waals surface area contributed by atoms with E-state index >= 15 is 0 Å². The monoisotopic (exact) mass is 362 g/mol. The molecule has 0 saturated carbocycles. The highest BCUT2D eigenvalue weighted by Crippen LogP contribution is 2.23. The Hall–Kier alpha value is -2.54. The van der Waals surface area contributed by atoms with Crippen molar-refractivity contribution in [3.63, 3.8) is 0 Å². The summed E-state index contributed by atoms with van der Waals surface area (Å²) < 4.78 is 14.4. The first-order valence-corrected chi connectivity index (χ1v) is 6.99. The fourth-order valence-corrected chi connectivity index (χ4v) is 2.68. The Balaban J connectivity index is 2.21. The number of carbonyl (C=O) groups excluding carboxylic acids is 1. The summed E-state index contributed by atoms with van der Waals surface area (Å²) in [5, 5.41) is 13.4. The van der Waals surface area contributed by atoms with Gasteiger partial charge < -0.3 is 5.11 Å². The summed E-state index contributed by atoms with van der Waals surface area (Å²) in [5.74, 6) is -2.25. The predicted octanol–water partition coefficient (Wildman–Crippen LogP) is 3.32. The number of halogens is 2. The SMILES string of the molecule is O=C(O)c1nn(C(=O)c2ccc(F)cc2Br)c2ccccc12. The van der Waals surface area contributed by atoms with Gasteiger partial charge in [0.05, 0.1) is 11.1 Å². The van der Waals surface area contributed by atoms with E-state index in [1.165, 1.54) is 6.07 Å². The lowest BCUT2D eigenvalue weighted by atomic mass is 10.2. The normalized spacial score (nSPS) is 10.8. The van der Waals surface area contributed by atoms with E-state index in [-0.39, 0.29) is 15.7 Å². The third-order valence-electron chi connectivity index (χ3n) is 3.14. The lowest BCUT2D eigenvalue weighted by molar-refractivity contribution is 0.0691. The van der Waals surface area contributed by atoms with Gasteiger partial charge in [0.1, 0.15) is 5.82 Å². The maximum atomic E-state index is 13.1. The van der Waals surface area contributed by atoms with Gasteiger partial charge in [-0.25, -0.2) is 9.18 Å². The van der Waals surface area contributed by atoms with Crippen LogP contribution in [0.3, 0.4) is 0 Å². The quantitative estimate of drug-likeness (QED) is 0.758. The smallest absolute Gasteiger partial charge is 0.357 e. The minimum Gasteiger partial charge on any atom is -0.476 e. The van der Waals surface area contributed by atoms with Crippen molar-refractivity contribution in [2.24, 2.45) is 0 Å². The van der Waals surface area contributed by atoms with Crippen molar-refractivity contribution in [3.05, 3.63) is 64.0 Å². The number of carbonyl (C=O) groups is 2. The van der Waals surface area contributed by atoms with Crippen molar-refractivity contribution in [1.29, 1.82) is 0 Å². The molecule has 1 heterocycles. The molecule has 110 valence electrons. The topological polar surface area (TPSA) is 72.2 Å². The van der Waals surface area contributed by atoms with Gasteiger partial charge in [0.25, 0.3) is 5.91 Å². The number of fused-ring (bicyclic) bond motifs is 1. The average molecular weight is 363 g/mol. The van der Waals surface area contributed by atoms with E-state index in [1.807, 2.05) is 0 Å². The molecule has 22 heavy (non-hydrogen) atoms. The fraction of sp³-hybridized carbons (Fsp3) is 0. The van der Waals surface area contributed by atoms with Crippen LogP contribution < -0.4 is 0 Å². The Morgan fingerprint density at radius 1 is 1.18 bits per heavy atom. The van der Waals surface area contributed by atoms with E-state index in [4.69, 9.17) is 0 Å². The largest absolute Gasteiger partial charge is 0.476 e. The van der Waals surface area contributed by atoms with E-state index in [9.17, 15) is 19.1 Å². The molecule has 3 aromatic rings. The van der Waals surface area contributed by atoms with Crippen LogP contribution in [-0.2, 0) is 0 Å². The van der Waals surface area contributed by atoms with Crippen molar-refractivity contribution < 1.29 is 19.1 Å². The zero-order valence-corrected chi connectivity index (χ0v) is 12.5. The van der Waals surface area contributed by atoms with Crippen LogP contribution in [0.15, 0.2) is 46.9 Å². The fourth-order valence-electron chi connectivity index (χ4n) is 2.16. The van der Waals surface area contributed by atoms with E-state index in [2.05, 4.69) is 21.0 Å². The standard InChI is InChI=1S/C15H8BrFN2O3/c16-11-7-8(17)5-6-9(11)14(20)19-12-4-2-1-3-10(12)13(18-19)15(21)22/h1-7H,(H,21,22). The van der Waals surface area contributed by atoms with Crippen LogP contribution in [0.1, 0.15) is 20.8 Å². The first-order valence-electron chi connectivity index (χ1n) is 6.20. The minimum absolute atomic E-state index is 0.187. The van der Waals surface area contributed by atoms with Gasteiger partial charge in [0.15, 0.2) is 5.69 Å². The highest BCUT2D eigenvalue weighted by atomic mass is 79.9. The molecule has 1 aromatic heterocycles. The molecule has 0 saturated heterocycles. The molecule has 0 radical (unpaired) electrons. The number of rotatable bonds is 2. The molecule has 0 aliphatic carbocycles. The van der Waals surface area contributed by atoms with Gasteiger partial charge in [-0.2, -0.15) is 9.78 Å². The summed E-state index contributed by atoms with van der Waals surface area (Å²) in [6.45, 7) is 0. The molecule has 1 N–H and O–H groups in total. The summed E-state index contributed by atoms with van der Waals surface area (Å²) in [6, 6.07) is 10.2. The second kappa shape index (κ2) is 5.34. The molecule has 0 bridgehead atoms. The van der Waals surface area contributed by atoms with Crippen LogP contribution in [-0.4, -0.2) is 26.8 Å². The first kappa shape index (κ1) is 14.4. The third-order valence-corrected chi connectivity index (χ3v) is 3.80. The molecule has 0 fully saturated rings. The first-order chi connectivity index (χ1) is 10.5. The predicted molar refractivity (Wildman–Crippen MR) is 80.5 cm³/mol. The van der Waals surface area contributed by atoms with Crippen LogP contribution in [0, 0.1) is 5.82 Å². The minimum atomic E-state index is -1.22. The number of hydrogen-bond donors (Lipinski definition) is 1. The maximum absolute atomic E-state index is 13.1. The number of aromatic carboxylic acids is 1. The molecule has 0 aliphatic heterocycles. The number of para-hydroxylation sites is 1. The molecule has 0 aliphatic rings. The molecular formula is C15H8BrFN2O3. The number of nitrogens with zero attached hydrogens (tertiary/aromatic N) is 2. The molecule has 0 atom stereocenters. The van der Waals surface area contributed by atoms with E-state index in [1.54, 1.807) is 24.3 Å². The van der Waals surface area contributed by atoms with Gasteiger partial charge in [-0.3, -0.25) is 4.79 Å². The highest BCUT2D eigenvalue weighted by molar-refractivity contribution is 9.10. The van der Waals surface area contributed by atoms with Crippen LogP contribution in [0.4, 0.5) is 4.39 Å². The molecule has 2 aromatic carbocycles. The lowest BCUT2D eigenvalue weighted by Crippen LogP contribution is -2.15. The van der Waals surface area contributed by atoms with Gasteiger partial charge in [-0.05, 0) is 40.2 Å². The third kappa shape index (κ3) is 2.29. The van der Waals surface area contributed by atoms with E-state index < -0.39 is 17.7 Å². The van der Waals surface area contributed by atoms with Crippen molar-refractivity contribution in [2.75, 3.05) is 0 Å². The lowest BCUT2D eigenvalue weighted by Gasteiger charge is -2.04. The van der Waals surface area contributed by atoms with Crippen molar-refractivity contribution in [1.82, 2.24) is 9.78 Å². The van der Waals surface area contributed by atoms with E-state index in [0.29, 0.717) is 10.9 Å². The Kier molecular flexibility index (Phi) is 3.50. The van der Waals surface area contributed by atoms with Gasteiger partial charge >= 0.3 is 5.97 Å². The average Bonchev–Trinajstić information content (AvgIpc) is 2.86. The highest BCUT2D eigenvalue weighted by Gasteiger charge is 2.21. The zero-order chi connectivity index (χ0) is 15.9. The Morgan fingerprint density at radius 2 is 1.91 bits per heavy atom. The van der Waals surface area contributed by atoms with Gasteiger partial charge in [-0.1, -0.05) is 18.2 Å². The summed E-state index contributed by atoms with van der Waals surface area (Å²) >= 11 is 3.13. The van der Waals surface area contributed by atoms with Crippen molar-refractivity contribution in [2.45, 2.75) is 0 Å². The molecule has 0 unspecified atom stereocenters. The van der Waals surface area contributed by atoms with Crippen LogP contribution in [0.2, 0.25) is 0 Å². The Morgan fingerprint density at radius 3 is 2.59 bits per heavy atom. The summed E-state index contributed by atoms with van der Waals surface area (Å²) in [5.41, 5.74) is 0.356. The second-order valence-electron chi connectivity index (χ2n) is 4.51. The Labute approximate surface area is 132 Å². The summed E-state index contributed by atoms with van der Waals surface area (Å²) in [7, 11) is 0. The molecule has 7 heteroatoms. The number of hydrogen-bond acceptors (Lipinski definition) is 3. The van der Waals surface area contributed by atoms with Crippen molar-refractivity contribution in [3.8, 4) is 0 Å². The Bertz CT molecular complexity index is 920. The van der Waals surface area contributed by atoms with Crippen molar-refractivity contribution >= 4 is 38.7 Å². The molecule has 0 amide bonds. The number of benzene rings is 2. The van der Waals surface area contributed by atoms with E-state index in [0.717, 1.165) is 16.8 Å². The van der Waals surface area contributed by atoms with Gasteiger partial charge in [0, 0.05) is 9.86 Å². The second-order valence-corrected chi connectivity index (χ2v) is 5.37.